The third kappa shape index (κ3) is 2.13. The number of nitrogen functional groups attached to an aromatic ring is 1. The SMILES string of the molecule is Cc1nn(C)cc1Nc1cc(N)nc(C2CC2)n1. The van der Waals surface area contributed by atoms with Gasteiger partial charge < -0.3 is 11.1 Å². The van der Waals surface area contributed by atoms with E-state index in [1.54, 1.807) is 10.7 Å². The fourth-order valence-corrected chi connectivity index (χ4v) is 1.93. The van der Waals surface area contributed by atoms with E-state index in [0.29, 0.717) is 11.7 Å². The Balaban J connectivity index is 1.89. The van der Waals surface area contributed by atoms with Crippen LogP contribution in [0.2, 0.25) is 0 Å². The Morgan fingerprint density at radius 1 is 1.39 bits per heavy atom. The van der Waals surface area contributed by atoms with Gasteiger partial charge in [0.25, 0.3) is 0 Å². The van der Waals surface area contributed by atoms with Gasteiger partial charge in [-0.15, -0.1) is 0 Å². The summed E-state index contributed by atoms with van der Waals surface area (Å²) in [5.41, 5.74) is 7.68. The lowest BCUT2D eigenvalue weighted by Crippen LogP contribution is -2.02. The molecule has 1 aliphatic rings. The molecule has 1 saturated carbocycles. The molecule has 0 aromatic carbocycles. The third-order valence-electron chi connectivity index (χ3n) is 2.98. The minimum absolute atomic E-state index is 0.490. The summed E-state index contributed by atoms with van der Waals surface area (Å²) >= 11 is 0. The summed E-state index contributed by atoms with van der Waals surface area (Å²) in [5, 5.41) is 7.52. The van der Waals surface area contributed by atoms with Crippen molar-refractivity contribution in [3.05, 3.63) is 23.8 Å². The number of anilines is 3. The minimum atomic E-state index is 0.490. The normalized spacial score (nSPS) is 14.8. The smallest absolute Gasteiger partial charge is 0.136 e. The van der Waals surface area contributed by atoms with E-state index in [0.717, 1.165) is 35.9 Å². The zero-order valence-electron chi connectivity index (χ0n) is 10.5. The van der Waals surface area contributed by atoms with Gasteiger partial charge in [0.2, 0.25) is 0 Å². The lowest BCUT2D eigenvalue weighted by Gasteiger charge is -2.06. The molecule has 1 fully saturated rings. The lowest BCUT2D eigenvalue weighted by molar-refractivity contribution is 0.756. The largest absolute Gasteiger partial charge is 0.384 e. The van der Waals surface area contributed by atoms with Gasteiger partial charge in [-0.2, -0.15) is 5.10 Å². The molecule has 3 rings (SSSR count). The first-order valence-corrected chi connectivity index (χ1v) is 6.03. The summed E-state index contributed by atoms with van der Waals surface area (Å²) in [4.78, 5) is 8.77. The molecule has 0 unspecified atom stereocenters. The number of aryl methyl sites for hydroxylation is 2. The number of hydrogen-bond donors (Lipinski definition) is 2. The summed E-state index contributed by atoms with van der Waals surface area (Å²) in [6.07, 6.45) is 4.24. The van der Waals surface area contributed by atoms with Crippen LogP contribution in [-0.4, -0.2) is 19.7 Å². The molecule has 6 heteroatoms. The van der Waals surface area contributed by atoms with Crippen LogP contribution in [0.3, 0.4) is 0 Å². The zero-order valence-corrected chi connectivity index (χ0v) is 10.5. The van der Waals surface area contributed by atoms with Crippen molar-refractivity contribution in [3.63, 3.8) is 0 Å². The molecule has 0 radical (unpaired) electrons. The quantitative estimate of drug-likeness (QED) is 0.859. The van der Waals surface area contributed by atoms with E-state index in [9.17, 15) is 0 Å². The summed E-state index contributed by atoms with van der Waals surface area (Å²) in [5.74, 6) is 2.58. The summed E-state index contributed by atoms with van der Waals surface area (Å²) < 4.78 is 1.77. The van der Waals surface area contributed by atoms with Crippen molar-refractivity contribution in [2.75, 3.05) is 11.1 Å². The first-order valence-electron chi connectivity index (χ1n) is 6.03. The number of rotatable bonds is 3. The monoisotopic (exact) mass is 244 g/mol. The van der Waals surface area contributed by atoms with Crippen LogP contribution < -0.4 is 11.1 Å². The van der Waals surface area contributed by atoms with Gasteiger partial charge in [0.05, 0.1) is 11.4 Å². The molecular weight excluding hydrogens is 228 g/mol. The molecule has 0 saturated heterocycles. The third-order valence-corrected chi connectivity index (χ3v) is 2.98. The van der Waals surface area contributed by atoms with Gasteiger partial charge in [-0.25, -0.2) is 9.97 Å². The average Bonchev–Trinajstić information content (AvgIpc) is 3.06. The van der Waals surface area contributed by atoms with Gasteiger partial charge >= 0.3 is 0 Å². The molecule has 2 aromatic heterocycles. The van der Waals surface area contributed by atoms with Crippen molar-refractivity contribution >= 4 is 17.3 Å². The minimum Gasteiger partial charge on any atom is -0.384 e. The van der Waals surface area contributed by atoms with Crippen molar-refractivity contribution in [1.29, 1.82) is 0 Å². The molecule has 0 atom stereocenters. The van der Waals surface area contributed by atoms with Crippen molar-refractivity contribution in [2.24, 2.45) is 7.05 Å². The lowest BCUT2D eigenvalue weighted by atomic mass is 10.3. The highest BCUT2D eigenvalue weighted by Gasteiger charge is 2.27. The van der Waals surface area contributed by atoms with Gasteiger partial charge in [-0.05, 0) is 19.8 Å². The second kappa shape index (κ2) is 3.97. The first-order chi connectivity index (χ1) is 8.61. The highest BCUT2D eigenvalue weighted by atomic mass is 15.3. The molecule has 1 aliphatic carbocycles. The molecule has 0 bridgehead atoms. The molecule has 0 spiro atoms. The summed E-state index contributed by atoms with van der Waals surface area (Å²) in [7, 11) is 1.89. The molecular formula is C12H16N6. The second-order valence-corrected chi connectivity index (χ2v) is 4.74. The van der Waals surface area contributed by atoms with Crippen molar-refractivity contribution < 1.29 is 0 Å². The highest BCUT2D eigenvalue weighted by Crippen LogP contribution is 2.38. The fraction of sp³-hybridized carbons (Fsp3) is 0.417. The Hall–Kier alpha value is -2.11. The first kappa shape index (κ1) is 11.0. The van der Waals surface area contributed by atoms with Gasteiger partial charge in [-0.1, -0.05) is 0 Å². The molecule has 6 nitrogen and oxygen atoms in total. The van der Waals surface area contributed by atoms with Gasteiger partial charge in [0, 0.05) is 25.2 Å². The van der Waals surface area contributed by atoms with E-state index >= 15 is 0 Å². The Kier molecular flexibility index (Phi) is 2.43. The van der Waals surface area contributed by atoms with Crippen molar-refractivity contribution in [1.82, 2.24) is 19.7 Å². The predicted molar refractivity (Wildman–Crippen MR) is 69.6 cm³/mol. The van der Waals surface area contributed by atoms with Crippen molar-refractivity contribution in [3.8, 4) is 0 Å². The van der Waals surface area contributed by atoms with Crippen LogP contribution >= 0.6 is 0 Å². The van der Waals surface area contributed by atoms with Crippen LogP contribution in [0, 0.1) is 6.92 Å². The standard InChI is InChI=1S/C12H16N6/c1-7-9(6-18(2)17-7)14-11-5-10(13)15-12(16-11)8-3-4-8/h5-6,8H,3-4H2,1-2H3,(H3,13,14,15,16). The van der Waals surface area contributed by atoms with Crippen LogP contribution in [0.5, 0.6) is 0 Å². The van der Waals surface area contributed by atoms with E-state index in [-0.39, 0.29) is 0 Å². The topological polar surface area (TPSA) is 81.7 Å². The average molecular weight is 244 g/mol. The van der Waals surface area contributed by atoms with Gasteiger partial charge in [0.15, 0.2) is 0 Å². The van der Waals surface area contributed by atoms with E-state index < -0.39 is 0 Å². The van der Waals surface area contributed by atoms with Crippen LogP contribution in [-0.2, 0) is 7.05 Å². The van der Waals surface area contributed by atoms with E-state index in [4.69, 9.17) is 5.73 Å². The Morgan fingerprint density at radius 2 is 2.17 bits per heavy atom. The number of nitrogens with two attached hydrogens (primary N) is 1. The fourth-order valence-electron chi connectivity index (χ4n) is 1.93. The maximum atomic E-state index is 5.81. The summed E-state index contributed by atoms with van der Waals surface area (Å²) in [6, 6.07) is 1.75. The van der Waals surface area contributed by atoms with E-state index in [1.165, 1.54) is 0 Å². The zero-order chi connectivity index (χ0) is 12.7. The molecule has 2 heterocycles. The Morgan fingerprint density at radius 3 is 2.78 bits per heavy atom. The number of hydrogen-bond acceptors (Lipinski definition) is 5. The molecule has 3 N–H and O–H groups in total. The van der Waals surface area contributed by atoms with Gasteiger partial charge in [-0.3, -0.25) is 4.68 Å². The van der Waals surface area contributed by atoms with E-state index in [2.05, 4.69) is 20.4 Å². The predicted octanol–water partition coefficient (Wildman–Crippen LogP) is 1.72. The molecule has 0 aliphatic heterocycles. The van der Waals surface area contributed by atoms with Gasteiger partial charge in [0.1, 0.15) is 17.5 Å². The molecule has 94 valence electrons. The van der Waals surface area contributed by atoms with Crippen molar-refractivity contribution in [2.45, 2.75) is 25.7 Å². The van der Waals surface area contributed by atoms with Crippen LogP contribution in [0.15, 0.2) is 12.3 Å². The van der Waals surface area contributed by atoms with E-state index in [1.807, 2.05) is 20.2 Å². The second-order valence-electron chi connectivity index (χ2n) is 4.74. The molecule has 0 amide bonds. The van der Waals surface area contributed by atoms with Crippen LogP contribution in [0.25, 0.3) is 0 Å². The number of nitrogens with one attached hydrogen (secondary N) is 1. The van der Waals surface area contributed by atoms with Crippen LogP contribution in [0.1, 0.15) is 30.3 Å². The molecule has 2 aromatic rings. The highest BCUT2D eigenvalue weighted by molar-refractivity contribution is 5.59. The van der Waals surface area contributed by atoms with Crippen LogP contribution in [0.4, 0.5) is 17.3 Å². The number of nitrogens with zero attached hydrogens (tertiary/aromatic N) is 4. The Labute approximate surface area is 105 Å². The maximum Gasteiger partial charge on any atom is 0.136 e. The number of aromatic nitrogens is 4. The summed E-state index contributed by atoms with van der Waals surface area (Å²) in [6.45, 7) is 1.95. The molecule has 18 heavy (non-hydrogen) atoms. The maximum absolute atomic E-state index is 5.81. The Bertz CT molecular complexity index is 584.